The zero-order chi connectivity index (χ0) is 10.6. The first-order valence-corrected chi connectivity index (χ1v) is 5.19. The van der Waals surface area contributed by atoms with Crippen LogP contribution in [0.5, 0.6) is 5.75 Å². The summed E-state index contributed by atoms with van der Waals surface area (Å²) in [5.41, 5.74) is 6.37. The molecule has 0 radical (unpaired) electrons. The lowest BCUT2D eigenvalue weighted by molar-refractivity contribution is 0.258. The van der Waals surface area contributed by atoms with Gasteiger partial charge in [0, 0.05) is 11.1 Å². The maximum atomic E-state index is 5.83. The van der Waals surface area contributed by atoms with E-state index in [2.05, 4.69) is 13.8 Å². The van der Waals surface area contributed by atoms with E-state index in [1.807, 2.05) is 0 Å². The van der Waals surface area contributed by atoms with Crippen molar-refractivity contribution in [2.75, 3.05) is 12.3 Å². The van der Waals surface area contributed by atoms with Crippen LogP contribution in [0.4, 0.5) is 5.69 Å². The molecular weight excluding hydrogens is 198 g/mol. The number of anilines is 1. The summed E-state index contributed by atoms with van der Waals surface area (Å²) in [7, 11) is 0. The van der Waals surface area contributed by atoms with Crippen molar-refractivity contribution >= 4 is 17.3 Å². The third-order valence-electron chi connectivity index (χ3n) is 2.20. The average Bonchev–Trinajstić information content (AvgIpc) is 2.19. The van der Waals surface area contributed by atoms with Gasteiger partial charge in [-0.1, -0.05) is 31.9 Å². The Kier molecular flexibility index (Phi) is 4.08. The third-order valence-corrected chi connectivity index (χ3v) is 2.43. The highest BCUT2D eigenvalue weighted by Crippen LogP contribution is 2.25. The summed E-state index contributed by atoms with van der Waals surface area (Å²) in [4.78, 5) is 0. The van der Waals surface area contributed by atoms with Crippen molar-refractivity contribution in [2.24, 2.45) is 5.92 Å². The molecule has 14 heavy (non-hydrogen) atoms. The molecule has 0 saturated carbocycles. The SMILES string of the molecule is CCC(C)COc1cc(Cl)ccc1N. The van der Waals surface area contributed by atoms with Gasteiger partial charge in [0.05, 0.1) is 12.3 Å². The molecule has 0 fully saturated rings. The lowest BCUT2D eigenvalue weighted by atomic mass is 10.1. The molecule has 0 bridgehead atoms. The third kappa shape index (κ3) is 3.11. The van der Waals surface area contributed by atoms with Gasteiger partial charge in [-0.25, -0.2) is 0 Å². The minimum Gasteiger partial charge on any atom is -0.491 e. The van der Waals surface area contributed by atoms with Crippen LogP contribution >= 0.6 is 11.6 Å². The van der Waals surface area contributed by atoms with Crippen molar-refractivity contribution in [3.05, 3.63) is 23.2 Å². The number of hydrogen-bond donors (Lipinski definition) is 1. The topological polar surface area (TPSA) is 35.2 Å². The molecule has 2 N–H and O–H groups in total. The van der Waals surface area contributed by atoms with E-state index >= 15 is 0 Å². The maximum Gasteiger partial charge on any atom is 0.143 e. The van der Waals surface area contributed by atoms with Crippen molar-refractivity contribution < 1.29 is 4.74 Å². The molecule has 0 aliphatic carbocycles. The van der Waals surface area contributed by atoms with Crippen molar-refractivity contribution in [1.29, 1.82) is 0 Å². The van der Waals surface area contributed by atoms with E-state index in [9.17, 15) is 0 Å². The van der Waals surface area contributed by atoms with E-state index in [0.717, 1.165) is 6.42 Å². The number of nitrogen functional groups attached to an aromatic ring is 1. The second-order valence-corrected chi connectivity index (χ2v) is 3.94. The number of rotatable bonds is 4. The first kappa shape index (κ1) is 11.2. The van der Waals surface area contributed by atoms with Gasteiger partial charge in [0.2, 0.25) is 0 Å². The van der Waals surface area contributed by atoms with Crippen LogP contribution in [0, 0.1) is 5.92 Å². The van der Waals surface area contributed by atoms with Gasteiger partial charge >= 0.3 is 0 Å². The van der Waals surface area contributed by atoms with Gasteiger partial charge in [0.1, 0.15) is 5.75 Å². The average molecular weight is 214 g/mol. The fraction of sp³-hybridized carbons (Fsp3) is 0.455. The van der Waals surface area contributed by atoms with Crippen molar-refractivity contribution in [3.63, 3.8) is 0 Å². The highest BCUT2D eigenvalue weighted by Gasteiger charge is 2.04. The van der Waals surface area contributed by atoms with E-state index in [1.165, 1.54) is 0 Å². The quantitative estimate of drug-likeness (QED) is 0.779. The Bertz CT molecular complexity index is 301. The number of hydrogen-bond acceptors (Lipinski definition) is 2. The molecule has 0 aromatic heterocycles. The molecule has 0 aliphatic heterocycles. The highest BCUT2D eigenvalue weighted by molar-refractivity contribution is 6.30. The lowest BCUT2D eigenvalue weighted by Gasteiger charge is -2.12. The van der Waals surface area contributed by atoms with Crippen LogP contribution in [0.25, 0.3) is 0 Å². The van der Waals surface area contributed by atoms with Gasteiger partial charge in [0.25, 0.3) is 0 Å². The van der Waals surface area contributed by atoms with Crippen LogP contribution < -0.4 is 10.5 Å². The van der Waals surface area contributed by atoms with Gasteiger partial charge in [-0.3, -0.25) is 0 Å². The van der Waals surface area contributed by atoms with Gasteiger partial charge in [-0.2, -0.15) is 0 Å². The summed E-state index contributed by atoms with van der Waals surface area (Å²) in [6.45, 7) is 4.96. The van der Waals surface area contributed by atoms with Gasteiger partial charge in [0.15, 0.2) is 0 Å². The number of ether oxygens (including phenoxy) is 1. The van der Waals surface area contributed by atoms with Crippen LogP contribution in [-0.4, -0.2) is 6.61 Å². The molecule has 78 valence electrons. The van der Waals surface area contributed by atoms with Crippen LogP contribution in [0.2, 0.25) is 5.02 Å². The number of nitrogens with two attached hydrogens (primary N) is 1. The molecule has 0 amide bonds. The molecule has 1 aromatic carbocycles. The molecular formula is C11H16ClNO. The molecule has 1 rings (SSSR count). The van der Waals surface area contributed by atoms with Gasteiger partial charge < -0.3 is 10.5 Å². The number of halogens is 1. The first-order valence-electron chi connectivity index (χ1n) is 4.81. The second-order valence-electron chi connectivity index (χ2n) is 3.51. The largest absolute Gasteiger partial charge is 0.491 e. The smallest absolute Gasteiger partial charge is 0.143 e. The summed E-state index contributed by atoms with van der Waals surface area (Å²) < 4.78 is 5.56. The maximum absolute atomic E-state index is 5.83. The molecule has 0 saturated heterocycles. The standard InChI is InChI=1S/C11H16ClNO/c1-3-8(2)7-14-11-6-9(12)4-5-10(11)13/h4-6,8H,3,7,13H2,1-2H3. The molecule has 0 aliphatic rings. The molecule has 1 aromatic rings. The van der Waals surface area contributed by atoms with Crippen molar-refractivity contribution in [2.45, 2.75) is 20.3 Å². The second kappa shape index (κ2) is 5.11. The molecule has 1 atom stereocenters. The zero-order valence-electron chi connectivity index (χ0n) is 8.59. The molecule has 0 spiro atoms. The Balaban J connectivity index is 2.62. The fourth-order valence-electron chi connectivity index (χ4n) is 0.983. The summed E-state index contributed by atoms with van der Waals surface area (Å²) in [5, 5.41) is 0.651. The van der Waals surface area contributed by atoms with E-state index in [0.29, 0.717) is 29.0 Å². The van der Waals surface area contributed by atoms with Crippen molar-refractivity contribution in [3.8, 4) is 5.75 Å². The Labute approximate surface area is 90.0 Å². The Hall–Kier alpha value is -0.890. The Morgan fingerprint density at radius 3 is 2.86 bits per heavy atom. The summed E-state index contributed by atoms with van der Waals surface area (Å²) in [6, 6.07) is 5.26. The van der Waals surface area contributed by atoms with Gasteiger partial charge in [-0.05, 0) is 18.1 Å². The van der Waals surface area contributed by atoms with E-state index in [4.69, 9.17) is 22.1 Å². The van der Waals surface area contributed by atoms with E-state index < -0.39 is 0 Å². The fourth-order valence-corrected chi connectivity index (χ4v) is 1.15. The van der Waals surface area contributed by atoms with Crippen LogP contribution in [0.1, 0.15) is 20.3 Å². The molecule has 2 nitrogen and oxygen atoms in total. The Morgan fingerprint density at radius 2 is 2.21 bits per heavy atom. The first-order chi connectivity index (χ1) is 6.63. The van der Waals surface area contributed by atoms with Crippen LogP contribution in [0.15, 0.2) is 18.2 Å². The van der Waals surface area contributed by atoms with Crippen LogP contribution in [0.3, 0.4) is 0 Å². The zero-order valence-corrected chi connectivity index (χ0v) is 9.34. The predicted molar refractivity (Wildman–Crippen MR) is 60.8 cm³/mol. The minimum atomic E-state index is 0.536. The van der Waals surface area contributed by atoms with E-state index in [-0.39, 0.29) is 0 Å². The summed E-state index contributed by atoms with van der Waals surface area (Å²) in [6.07, 6.45) is 1.10. The molecule has 0 heterocycles. The number of benzene rings is 1. The minimum absolute atomic E-state index is 0.536. The highest BCUT2D eigenvalue weighted by atomic mass is 35.5. The monoisotopic (exact) mass is 213 g/mol. The lowest BCUT2D eigenvalue weighted by Crippen LogP contribution is -2.08. The summed E-state index contributed by atoms with van der Waals surface area (Å²) >= 11 is 5.83. The molecule has 3 heteroatoms. The van der Waals surface area contributed by atoms with E-state index in [1.54, 1.807) is 18.2 Å². The summed E-state index contributed by atoms with van der Waals surface area (Å²) in [5.74, 6) is 1.21. The molecule has 1 unspecified atom stereocenters. The van der Waals surface area contributed by atoms with Crippen LogP contribution in [-0.2, 0) is 0 Å². The predicted octanol–water partition coefficient (Wildman–Crippen LogP) is 3.35. The normalized spacial score (nSPS) is 12.5. The Morgan fingerprint density at radius 1 is 1.50 bits per heavy atom. The van der Waals surface area contributed by atoms with Crippen molar-refractivity contribution in [1.82, 2.24) is 0 Å². The van der Waals surface area contributed by atoms with Gasteiger partial charge in [-0.15, -0.1) is 0 Å².